The van der Waals surface area contributed by atoms with Gasteiger partial charge in [0.2, 0.25) is 0 Å². The normalized spacial score (nSPS) is 24.7. The third-order valence-corrected chi connectivity index (χ3v) is 6.28. The zero-order valence-electron chi connectivity index (χ0n) is 16.6. The molecule has 1 saturated carbocycles. The maximum Gasteiger partial charge on any atom is 0.326 e. The van der Waals surface area contributed by atoms with Crippen LogP contribution in [0.15, 0.2) is 18.2 Å². The van der Waals surface area contributed by atoms with E-state index in [1.165, 1.54) is 6.07 Å². The number of carbonyl (C=O) groups excluding carboxylic acids is 1. The second kappa shape index (κ2) is 9.79. The Bertz CT molecular complexity index is 653. The SMILES string of the molecule is CCOC(=O)C1(NCCC2CCC(c3ccc(F)cc3F)CC2)CCOCC1. The van der Waals surface area contributed by atoms with E-state index in [-0.39, 0.29) is 11.9 Å². The molecule has 2 fully saturated rings. The van der Waals surface area contributed by atoms with Gasteiger partial charge >= 0.3 is 5.97 Å². The highest BCUT2D eigenvalue weighted by molar-refractivity contribution is 5.81. The minimum absolute atomic E-state index is 0.172. The van der Waals surface area contributed by atoms with Gasteiger partial charge in [0.25, 0.3) is 0 Å². The Morgan fingerprint density at radius 1 is 1.21 bits per heavy atom. The van der Waals surface area contributed by atoms with Crippen molar-refractivity contribution in [2.75, 3.05) is 26.4 Å². The summed E-state index contributed by atoms with van der Waals surface area (Å²) in [6.45, 7) is 4.11. The Kier molecular flexibility index (Phi) is 7.41. The van der Waals surface area contributed by atoms with Gasteiger partial charge in [0.1, 0.15) is 17.2 Å². The van der Waals surface area contributed by atoms with Crippen LogP contribution in [0.5, 0.6) is 0 Å². The lowest BCUT2D eigenvalue weighted by Gasteiger charge is -2.36. The second-order valence-electron chi connectivity index (χ2n) is 8.01. The van der Waals surface area contributed by atoms with Crippen LogP contribution in [0.2, 0.25) is 0 Å². The van der Waals surface area contributed by atoms with E-state index in [0.717, 1.165) is 44.7 Å². The first kappa shape index (κ1) is 21.2. The molecule has 0 spiro atoms. The van der Waals surface area contributed by atoms with Crippen LogP contribution in [-0.2, 0) is 14.3 Å². The van der Waals surface area contributed by atoms with Gasteiger partial charge in [-0.3, -0.25) is 4.79 Å². The van der Waals surface area contributed by atoms with Crippen LogP contribution < -0.4 is 5.32 Å². The summed E-state index contributed by atoms with van der Waals surface area (Å²) < 4.78 is 37.8. The molecule has 1 aromatic rings. The van der Waals surface area contributed by atoms with Crippen molar-refractivity contribution in [2.45, 2.75) is 63.3 Å². The van der Waals surface area contributed by atoms with Crippen molar-refractivity contribution in [3.63, 3.8) is 0 Å². The molecule has 1 heterocycles. The first-order valence-electron chi connectivity index (χ1n) is 10.5. The Hall–Kier alpha value is -1.53. The van der Waals surface area contributed by atoms with Gasteiger partial charge in [-0.05, 0) is 81.9 Å². The molecule has 28 heavy (non-hydrogen) atoms. The Labute approximate surface area is 166 Å². The number of hydrogen-bond donors (Lipinski definition) is 1. The summed E-state index contributed by atoms with van der Waals surface area (Å²) in [5.41, 5.74) is 0.0179. The van der Waals surface area contributed by atoms with Gasteiger partial charge < -0.3 is 14.8 Å². The van der Waals surface area contributed by atoms with Crippen LogP contribution in [-0.4, -0.2) is 37.9 Å². The number of carbonyl (C=O) groups is 1. The minimum atomic E-state index is -0.622. The van der Waals surface area contributed by atoms with Crippen LogP contribution in [0, 0.1) is 17.6 Å². The molecule has 0 unspecified atom stereocenters. The molecule has 0 radical (unpaired) electrons. The number of nitrogens with one attached hydrogen (secondary N) is 1. The lowest BCUT2D eigenvalue weighted by molar-refractivity contribution is -0.155. The molecule has 1 aliphatic heterocycles. The molecule has 1 N–H and O–H groups in total. The predicted octanol–water partition coefficient (Wildman–Crippen LogP) is 4.33. The van der Waals surface area contributed by atoms with Crippen molar-refractivity contribution in [3.8, 4) is 0 Å². The topological polar surface area (TPSA) is 47.6 Å². The van der Waals surface area contributed by atoms with Gasteiger partial charge in [0, 0.05) is 19.3 Å². The summed E-state index contributed by atoms with van der Waals surface area (Å²) in [6, 6.07) is 3.91. The van der Waals surface area contributed by atoms with E-state index in [9.17, 15) is 13.6 Å². The fourth-order valence-electron chi connectivity index (χ4n) is 4.55. The zero-order chi connectivity index (χ0) is 20.0. The van der Waals surface area contributed by atoms with E-state index >= 15 is 0 Å². The Balaban J connectivity index is 1.47. The van der Waals surface area contributed by atoms with E-state index < -0.39 is 17.2 Å². The number of halogens is 2. The molecule has 0 bridgehead atoms. The number of benzene rings is 1. The summed E-state index contributed by atoms with van der Waals surface area (Å²) in [4.78, 5) is 12.5. The second-order valence-corrected chi connectivity index (χ2v) is 8.01. The van der Waals surface area contributed by atoms with Gasteiger partial charge in [-0.15, -0.1) is 0 Å². The largest absolute Gasteiger partial charge is 0.465 e. The molecule has 6 heteroatoms. The molecule has 2 aliphatic rings. The molecule has 4 nitrogen and oxygen atoms in total. The highest BCUT2D eigenvalue weighted by atomic mass is 19.1. The maximum atomic E-state index is 14.0. The molecule has 1 aliphatic carbocycles. The van der Waals surface area contributed by atoms with Gasteiger partial charge in [0.15, 0.2) is 0 Å². The van der Waals surface area contributed by atoms with Crippen molar-refractivity contribution in [1.82, 2.24) is 5.32 Å². The molecule has 0 atom stereocenters. The molecule has 0 aromatic heterocycles. The van der Waals surface area contributed by atoms with Crippen LogP contribution >= 0.6 is 0 Å². The van der Waals surface area contributed by atoms with Crippen molar-refractivity contribution in [1.29, 1.82) is 0 Å². The van der Waals surface area contributed by atoms with E-state index in [1.807, 2.05) is 6.92 Å². The van der Waals surface area contributed by atoms with Crippen LogP contribution in [0.25, 0.3) is 0 Å². The van der Waals surface area contributed by atoms with E-state index in [2.05, 4.69) is 5.32 Å². The predicted molar refractivity (Wildman–Crippen MR) is 103 cm³/mol. The van der Waals surface area contributed by atoms with Crippen LogP contribution in [0.4, 0.5) is 8.78 Å². The van der Waals surface area contributed by atoms with Crippen molar-refractivity contribution >= 4 is 5.97 Å². The van der Waals surface area contributed by atoms with Crippen molar-refractivity contribution < 1.29 is 23.0 Å². The fourth-order valence-corrected chi connectivity index (χ4v) is 4.55. The maximum absolute atomic E-state index is 14.0. The Morgan fingerprint density at radius 3 is 2.57 bits per heavy atom. The monoisotopic (exact) mass is 395 g/mol. The van der Waals surface area contributed by atoms with Crippen molar-refractivity contribution in [3.05, 3.63) is 35.4 Å². The summed E-state index contributed by atoms with van der Waals surface area (Å²) in [5.74, 6) is -0.392. The Morgan fingerprint density at radius 2 is 1.93 bits per heavy atom. The summed E-state index contributed by atoms with van der Waals surface area (Å²) in [7, 11) is 0. The van der Waals surface area contributed by atoms with Crippen molar-refractivity contribution in [2.24, 2.45) is 5.92 Å². The molecular formula is C22H31F2NO3. The third kappa shape index (κ3) is 5.09. The number of esters is 1. The molecule has 1 saturated heterocycles. The lowest BCUT2D eigenvalue weighted by Crippen LogP contribution is -2.56. The first-order chi connectivity index (χ1) is 13.5. The van der Waals surface area contributed by atoms with Crippen LogP contribution in [0.3, 0.4) is 0 Å². The summed E-state index contributed by atoms with van der Waals surface area (Å²) in [5, 5.41) is 3.47. The standard InChI is InChI=1S/C22H31F2NO3/c1-2-28-21(26)22(10-13-27-14-11-22)25-12-9-16-3-5-17(6-4-16)19-8-7-18(23)15-20(19)24/h7-8,15-17,25H,2-6,9-14H2,1H3. The first-order valence-corrected chi connectivity index (χ1v) is 10.5. The third-order valence-electron chi connectivity index (χ3n) is 6.28. The van der Waals surface area contributed by atoms with Crippen LogP contribution in [0.1, 0.15) is 63.4 Å². The average molecular weight is 395 g/mol. The zero-order valence-corrected chi connectivity index (χ0v) is 16.6. The molecule has 3 rings (SSSR count). The highest BCUT2D eigenvalue weighted by Gasteiger charge is 2.41. The number of rotatable bonds is 7. The highest BCUT2D eigenvalue weighted by Crippen LogP contribution is 2.38. The molecule has 0 amide bonds. The average Bonchev–Trinajstić information content (AvgIpc) is 2.70. The smallest absolute Gasteiger partial charge is 0.326 e. The van der Waals surface area contributed by atoms with Gasteiger partial charge in [-0.25, -0.2) is 8.78 Å². The van der Waals surface area contributed by atoms with E-state index in [4.69, 9.17) is 9.47 Å². The number of ether oxygens (including phenoxy) is 2. The minimum Gasteiger partial charge on any atom is -0.465 e. The molecule has 156 valence electrons. The lowest BCUT2D eigenvalue weighted by atomic mass is 9.77. The van der Waals surface area contributed by atoms with Gasteiger partial charge in [-0.1, -0.05) is 6.07 Å². The fraction of sp³-hybridized carbons (Fsp3) is 0.682. The van der Waals surface area contributed by atoms with Gasteiger partial charge in [0.05, 0.1) is 6.61 Å². The summed E-state index contributed by atoms with van der Waals surface area (Å²) in [6.07, 6.45) is 6.16. The van der Waals surface area contributed by atoms with E-state index in [0.29, 0.717) is 44.1 Å². The quantitative estimate of drug-likeness (QED) is 0.698. The summed E-state index contributed by atoms with van der Waals surface area (Å²) >= 11 is 0. The van der Waals surface area contributed by atoms with Gasteiger partial charge in [-0.2, -0.15) is 0 Å². The molecular weight excluding hydrogens is 364 g/mol. The van der Waals surface area contributed by atoms with E-state index in [1.54, 1.807) is 6.07 Å². The number of hydrogen-bond acceptors (Lipinski definition) is 4. The molecule has 1 aromatic carbocycles.